The second kappa shape index (κ2) is 14.0. The number of halogens is 1. The van der Waals surface area contributed by atoms with Crippen LogP contribution in [-0.4, -0.2) is 81.9 Å². The Kier molecular flexibility index (Phi) is 9.64. The number of likely N-dealkylation sites (tertiary alicyclic amines) is 1. The zero-order valence-corrected chi connectivity index (χ0v) is 26.7. The van der Waals surface area contributed by atoms with Gasteiger partial charge in [0.05, 0.1) is 28.5 Å². The van der Waals surface area contributed by atoms with Gasteiger partial charge in [-0.3, -0.25) is 14.5 Å². The lowest BCUT2D eigenvalue weighted by atomic mass is 10.1. The van der Waals surface area contributed by atoms with E-state index in [0.717, 1.165) is 61.0 Å². The minimum absolute atomic E-state index is 0.0326. The van der Waals surface area contributed by atoms with E-state index >= 15 is 0 Å². The van der Waals surface area contributed by atoms with Gasteiger partial charge in [0.2, 0.25) is 5.91 Å². The molecule has 2 saturated heterocycles. The largest absolute Gasteiger partial charge is 0.485 e. The van der Waals surface area contributed by atoms with Crippen molar-refractivity contribution in [1.29, 1.82) is 0 Å². The summed E-state index contributed by atoms with van der Waals surface area (Å²) >= 11 is 7.80. The van der Waals surface area contributed by atoms with Crippen LogP contribution in [0, 0.1) is 6.92 Å². The van der Waals surface area contributed by atoms with Gasteiger partial charge < -0.3 is 19.1 Å². The SMILES string of the molecule is Cc1c(C(=O)N2CCN(CC(=O)N3CCCC3)CC2)cc(-c2csc(COc3ccccc3Cl)n2)n1CCc1ccccc1. The van der Waals surface area contributed by atoms with Crippen molar-refractivity contribution in [2.45, 2.75) is 39.3 Å². The summed E-state index contributed by atoms with van der Waals surface area (Å²) in [5.74, 6) is 0.866. The number of aryl methyl sites for hydroxylation is 1. The fourth-order valence-electron chi connectivity index (χ4n) is 5.98. The summed E-state index contributed by atoms with van der Waals surface area (Å²) in [7, 11) is 0. The average Bonchev–Trinajstić information content (AvgIpc) is 3.81. The number of carbonyl (C=O) groups is 2. The quantitative estimate of drug-likeness (QED) is 0.222. The van der Waals surface area contributed by atoms with Gasteiger partial charge in [-0.25, -0.2) is 4.98 Å². The van der Waals surface area contributed by atoms with Crippen LogP contribution in [0.4, 0.5) is 0 Å². The Labute approximate surface area is 267 Å². The lowest BCUT2D eigenvalue weighted by Crippen LogP contribution is -2.51. The summed E-state index contributed by atoms with van der Waals surface area (Å²) in [5, 5.41) is 3.43. The Balaban J connectivity index is 1.18. The van der Waals surface area contributed by atoms with Gasteiger partial charge in [0.15, 0.2) is 0 Å². The van der Waals surface area contributed by atoms with Crippen molar-refractivity contribution in [3.05, 3.63) is 92.9 Å². The summed E-state index contributed by atoms with van der Waals surface area (Å²) in [6, 6.07) is 19.8. The maximum atomic E-state index is 13.9. The van der Waals surface area contributed by atoms with E-state index < -0.39 is 0 Å². The van der Waals surface area contributed by atoms with Crippen molar-refractivity contribution in [2.75, 3.05) is 45.8 Å². The zero-order valence-electron chi connectivity index (χ0n) is 25.1. The average molecular weight is 632 g/mol. The minimum atomic E-state index is 0.0326. The minimum Gasteiger partial charge on any atom is -0.485 e. The van der Waals surface area contributed by atoms with Crippen molar-refractivity contribution in [3.8, 4) is 17.1 Å². The molecular weight excluding hydrogens is 594 g/mol. The first kappa shape index (κ1) is 30.4. The maximum absolute atomic E-state index is 13.9. The van der Waals surface area contributed by atoms with Gasteiger partial charge >= 0.3 is 0 Å². The van der Waals surface area contributed by atoms with Gasteiger partial charge in [0.1, 0.15) is 17.4 Å². The molecule has 0 atom stereocenters. The molecule has 4 aromatic rings. The molecule has 8 nitrogen and oxygen atoms in total. The third-order valence-electron chi connectivity index (χ3n) is 8.54. The van der Waals surface area contributed by atoms with Crippen LogP contribution in [0.25, 0.3) is 11.4 Å². The van der Waals surface area contributed by atoms with Crippen LogP contribution in [0.2, 0.25) is 5.02 Å². The fourth-order valence-corrected chi connectivity index (χ4v) is 6.87. The predicted molar refractivity (Wildman–Crippen MR) is 174 cm³/mol. The molecule has 0 radical (unpaired) electrons. The van der Waals surface area contributed by atoms with Crippen molar-refractivity contribution >= 4 is 34.8 Å². The molecule has 0 bridgehead atoms. The Morgan fingerprint density at radius 2 is 1.66 bits per heavy atom. The number of thiazole rings is 1. The first-order chi connectivity index (χ1) is 21.5. The molecule has 0 spiro atoms. The molecule has 0 aliphatic carbocycles. The highest BCUT2D eigenvalue weighted by atomic mass is 35.5. The fraction of sp³-hybridized carbons (Fsp3) is 0.382. The number of rotatable bonds is 10. The number of hydrogen-bond acceptors (Lipinski definition) is 6. The second-order valence-electron chi connectivity index (χ2n) is 11.4. The van der Waals surface area contributed by atoms with E-state index in [2.05, 4.69) is 33.7 Å². The highest BCUT2D eigenvalue weighted by Crippen LogP contribution is 2.30. The molecule has 0 unspecified atom stereocenters. The van der Waals surface area contributed by atoms with E-state index in [1.165, 1.54) is 16.9 Å². The van der Waals surface area contributed by atoms with E-state index in [1.807, 2.05) is 52.4 Å². The Hall–Kier alpha value is -3.66. The molecule has 2 amide bonds. The van der Waals surface area contributed by atoms with Gasteiger partial charge in [-0.05, 0) is 49.9 Å². The Morgan fingerprint density at radius 3 is 2.41 bits per heavy atom. The molecule has 230 valence electrons. The number of ether oxygens (including phenoxy) is 1. The number of nitrogens with zero attached hydrogens (tertiary/aromatic N) is 5. The molecule has 2 aromatic carbocycles. The van der Waals surface area contributed by atoms with E-state index in [0.29, 0.717) is 55.7 Å². The molecule has 2 aliphatic rings. The molecule has 0 N–H and O–H groups in total. The van der Waals surface area contributed by atoms with Crippen LogP contribution in [0.1, 0.15) is 39.5 Å². The number of aromatic nitrogens is 2. The van der Waals surface area contributed by atoms with Crippen LogP contribution in [0.3, 0.4) is 0 Å². The number of para-hydroxylation sites is 1. The van der Waals surface area contributed by atoms with Crippen molar-refractivity contribution in [2.24, 2.45) is 0 Å². The van der Waals surface area contributed by atoms with E-state index in [4.69, 9.17) is 21.3 Å². The summed E-state index contributed by atoms with van der Waals surface area (Å²) in [5.41, 5.74) is 4.64. The Bertz CT molecular complexity index is 1590. The summed E-state index contributed by atoms with van der Waals surface area (Å²) < 4.78 is 8.16. The monoisotopic (exact) mass is 631 g/mol. The third-order valence-corrected chi connectivity index (χ3v) is 9.68. The molecule has 2 fully saturated rings. The van der Waals surface area contributed by atoms with Gasteiger partial charge in [0, 0.05) is 56.9 Å². The van der Waals surface area contributed by atoms with Crippen molar-refractivity contribution < 1.29 is 14.3 Å². The lowest BCUT2D eigenvalue weighted by Gasteiger charge is -2.35. The van der Waals surface area contributed by atoms with Gasteiger partial charge in [0.25, 0.3) is 5.91 Å². The van der Waals surface area contributed by atoms with Crippen molar-refractivity contribution in [3.63, 3.8) is 0 Å². The third kappa shape index (κ3) is 7.01. The molecule has 6 rings (SSSR count). The number of amides is 2. The first-order valence-corrected chi connectivity index (χ1v) is 16.6. The van der Waals surface area contributed by atoms with E-state index in [9.17, 15) is 9.59 Å². The van der Waals surface area contributed by atoms with Gasteiger partial charge in [-0.1, -0.05) is 54.1 Å². The standard InChI is InChI=1S/C34H38ClN5O3S/c1-25-27(34(42)39-19-17-37(18-20-39)22-33(41)38-14-7-8-15-38)21-30(40(25)16-13-26-9-3-2-4-10-26)29-24-44-32(36-29)23-43-31-12-6-5-11-28(31)35/h2-6,9-12,21,24H,7-8,13-20,22-23H2,1H3. The van der Waals surface area contributed by atoms with Crippen LogP contribution in [0.15, 0.2) is 66.0 Å². The highest BCUT2D eigenvalue weighted by molar-refractivity contribution is 7.09. The molecule has 10 heteroatoms. The van der Waals surface area contributed by atoms with Crippen LogP contribution in [-0.2, 0) is 24.4 Å². The molecule has 2 aliphatic heterocycles. The summed E-state index contributed by atoms with van der Waals surface area (Å²) in [6.45, 7) is 7.87. The first-order valence-electron chi connectivity index (χ1n) is 15.3. The van der Waals surface area contributed by atoms with E-state index in [1.54, 1.807) is 6.07 Å². The molecule has 0 saturated carbocycles. The summed E-state index contributed by atoms with van der Waals surface area (Å²) in [4.78, 5) is 37.5. The van der Waals surface area contributed by atoms with Crippen LogP contribution < -0.4 is 4.74 Å². The van der Waals surface area contributed by atoms with Gasteiger partial charge in [-0.15, -0.1) is 11.3 Å². The number of carbonyl (C=O) groups excluding carboxylic acids is 2. The van der Waals surface area contributed by atoms with E-state index in [-0.39, 0.29) is 11.8 Å². The topological polar surface area (TPSA) is 70.9 Å². The molecule has 44 heavy (non-hydrogen) atoms. The number of benzene rings is 2. The molecule has 4 heterocycles. The summed E-state index contributed by atoms with van der Waals surface area (Å²) in [6.07, 6.45) is 3.03. The van der Waals surface area contributed by atoms with Crippen LogP contribution in [0.5, 0.6) is 5.75 Å². The number of piperazine rings is 1. The highest BCUT2D eigenvalue weighted by Gasteiger charge is 2.28. The number of hydrogen-bond donors (Lipinski definition) is 0. The van der Waals surface area contributed by atoms with Crippen molar-refractivity contribution in [1.82, 2.24) is 24.3 Å². The lowest BCUT2D eigenvalue weighted by molar-refractivity contribution is -0.131. The predicted octanol–water partition coefficient (Wildman–Crippen LogP) is 5.78. The van der Waals surface area contributed by atoms with Gasteiger partial charge in [-0.2, -0.15) is 0 Å². The maximum Gasteiger partial charge on any atom is 0.255 e. The zero-order chi connectivity index (χ0) is 30.5. The Morgan fingerprint density at radius 1 is 0.932 bits per heavy atom. The van der Waals surface area contributed by atoms with Crippen LogP contribution >= 0.6 is 22.9 Å². The normalized spacial score (nSPS) is 15.6. The molecule has 2 aromatic heterocycles. The smallest absolute Gasteiger partial charge is 0.255 e. The second-order valence-corrected chi connectivity index (χ2v) is 12.8. The molecular formula is C34H38ClN5O3S.